The van der Waals surface area contributed by atoms with Crippen LogP contribution in [0.25, 0.3) is 16.8 Å². The topological polar surface area (TPSA) is 148 Å². The molecule has 3 aromatic rings. The van der Waals surface area contributed by atoms with E-state index >= 15 is 0 Å². The van der Waals surface area contributed by atoms with Crippen molar-refractivity contribution in [3.8, 4) is 17.1 Å². The van der Waals surface area contributed by atoms with E-state index in [1.165, 1.54) is 7.11 Å². The Bertz CT molecular complexity index is 1550. The lowest BCUT2D eigenvalue weighted by Crippen LogP contribution is -2.58. The first-order valence-electron chi connectivity index (χ1n) is 12.3. The Morgan fingerprint density at radius 1 is 1.14 bits per heavy atom. The van der Waals surface area contributed by atoms with Gasteiger partial charge in [0.25, 0.3) is 5.91 Å². The summed E-state index contributed by atoms with van der Waals surface area (Å²) < 4.78 is 101. The summed E-state index contributed by atoms with van der Waals surface area (Å²) in [6, 6.07) is 0.637. The second-order valence-corrected chi connectivity index (χ2v) is 10.1. The number of alkyl halides is 7. The van der Waals surface area contributed by atoms with E-state index in [1.807, 2.05) is 0 Å². The SMILES string of the molecule is COc1ncc(-c2cc(C(F)(F)F)c3c(N)ncnn23)cc1C(=O)NC1CN(C(=O)C2CC(O)(C(F)(F)F)C2)CC1F. The van der Waals surface area contributed by atoms with Crippen molar-refractivity contribution in [2.45, 2.75) is 43.0 Å². The fourth-order valence-corrected chi connectivity index (χ4v) is 5.15. The van der Waals surface area contributed by atoms with Crippen molar-refractivity contribution in [2.75, 3.05) is 25.9 Å². The molecule has 226 valence electrons. The molecular formula is C24H22F7N7O4. The molecule has 0 spiro atoms. The van der Waals surface area contributed by atoms with E-state index in [0.29, 0.717) is 0 Å². The Labute approximate surface area is 231 Å². The van der Waals surface area contributed by atoms with Crippen LogP contribution in [0.4, 0.5) is 36.6 Å². The molecule has 0 radical (unpaired) electrons. The second-order valence-electron chi connectivity index (χ2n) is 10.1. The molecule has 1 saturated heterocycles. The number of carbonyl (C=O) groups is 2. The molecule has 2 fully saturated rings. The average molecular weight is 605 g/mol. The predicted molar refractivity (Wildman–Crippen MR) is 129 cm³/mol. The van der Waals surface area contributed by atoms with Crippen molar-refractivity contribution in [3.63, 3.8) is 0 Å². The summed E-state index contributed by atoms with van der Waals surface area (Å²) in [5.74, 6) is -3.57. The van der Waals surface area contributed by atoms with Gasteiger partial charge in [0.2, 0.25) is 11.8 Å². The minimum atomic E-state index is -4.91. The number of nitrogens with one attached hydrogen (secondary N) is 1. The van der Waals surface area contributed by atoms with Crippen LogP contribution in [0.2, 0.25) is 0 Å². The van der Waals surface area contributed by atoms with Gasteiger partial charge in [-0.1, -0.05) is 0 Å². The van der Waals surface area contributed by atoms with Gasteiger partial charge in [-0.2, -0.15) is 31.4 Å². The van der Waals surface area contributed by atoms with Gasteiger partial charge in [-0.3, -0.25) is 9.59 Å². The van der Waals surface area contributed by atoms with E-state index in [-0.39, 0.29) is 29.2 Å². The van der Waals surface area contributed by atoms with Crippen LogP contribution >= 0.6 is 0 Å². The molecule has 5 rings (SSSR count). The molecular weight excluding hydrogens is 583 g/mol. The van der Waals surface area contributed by atoms with Crippen LogP contribution in [-0.4, -0.2) is 85.6 Å². The number of carbonyl (C=O) groups excluding carboxylic acids is 2. The number of anilines is 1. The normalized spacial score (nSPS) is 24.5. The minimum absolute atomic E-state index is 0.00768. The standard InChI is InChI=1S/C24H22F7N7O4/c1-42-20-12(2-10(6-33-20)16-3-13(23(26,27)28)17-18(32)34-9-35-38(16)17)19(39)36-15-8-37(7-14(15)25)21(40)11-4-22(41,5-11)24(29,30)31/h2-3,6,9,11,14-15,41H,4-5,7-8H2,1H3,(H,36,39)(H2,32,34,35). The highest BCUT2D eigenvalue weighted by molar-refractivity contribution is 5.98. The van der Waals surface area contributed by atoms with Crippen molar-refractivity contribution in [2.24, 2.45) is 5.92 Å². The third kappa shape index (κ3) is 4.92. The quantitative estimate of drug-likeness (QED) is 0.376. The molecule has 2 unspecified atom stereocenters. The zero-order valence-electron chi connectivity index (χ0n) is 21.5. The molecule has 0 aromatic carbocycles. The summed E-state index contributed by atoms with van der Waals surface area (Å²) in [4.78, 5) is 34.4. The van der Waals surface area contributed by atoms with Gasteiger partial charge in [0.1, 0.15) is 23.6 Å². The third-order valence-corrected chi connectivity index (χ3v) is 7.39. The van der Waals surface area contributed by atoms with Gasteiger partial charge in [-0.05, 0) is 25.0 Å². The van der Waals surface area contributed by atoms with Crippen LogP contribution in [0, 0.1) is 5.92 Å². The Morgan fingerprint density at radius 2 is 1.83 bits per heavy atom. The number of pyridine rings is 1. The lowest BCUT2D eigenvalue weighted by molar-refractivity contribution is -0.296. The molecule has 0 bridgehead atoms. The molecule has 1 saturated carbocycles. The summed E-state index contributed by atoms with van der Waals surface area (Å²) in [6.07, 6.45) is -11.1. The van der Waals surface area contributed by atoms with Crippen molar-refractivity contribution in [1.29, 1.82) is 0 Å². The molecule has 1 aliphatic carbocycles. The second kappa shape index (κ2) is 9.95. The maximum Gasteiger partial charge on any atom is 0.418 e. The lowest BCUT2D eigenvalue weighted by atomic mass is 9.70. The van der Waals surface area contributed by atoms with Crippen LogP contribution in [0.3, 0.4) is 0 Å². The number of rotatable bonds is 5. The molecule has 18 heteroatoms. The monoisotopic (exact) mass is 605 g/mol. The maximum absolute atomic E-state index is 14.8. The van der Waals surface area contributed by atoms with E-state index < -0.39 is 84.2 Å². The summed E-state index contributed by atoms with van der Waals surface area (Å²) >= 11 is 0. The maximum atomic E-state index is 14.8. The first-order valence-corrected chi connectivity index (χ1v) is 12.3. The fourth-order valence-electron chi connectivity index (χ4n) is 5.15. The highest BCUT2D eigenvalue weighted by Gasteiger charge is 2.63. The number of fused-ring (bicyclic) bond motifs is 1. The number of aromatic nitrogens is 4. The van der Waals surface area contributed by atoms with Gasteiger partial charge >= 0.3 is 12.4 Å². The average Bonchev–Trinajstić information content (AvgIpc) is 3.47. The molecule has 3 aromatic heterocycles. The molecule has 42 heavy (non-hydrogen) atoms. The summed E-state index contributed by atoms with van der Waals surface area (Å²) in [6.45, 7) is -0.867. The molecule has 2 atom stereocenters. The van der Waals surface area contributed by atoms with Crippen LogP contribution in [0.1, 0.15) is 28.8 Å². The van der Waals surface area contributed by atoms with Gasteiger partial charge < -0.3 is 25.8 Å². The first kappa shape index (κ1) is 29.3. The Balaban J connectivity index is 1.36. The number of ether oxygens (including phenoxy) is 1. The number of nitrogens with zero attached hydrogens (tertiary/aromatic N) is 5. The molecule has 11 nitrogen and oxygen atoms in total. The minimum Gasteiger partial charge on any atom is -0.480 e. The number of hydrogen-bond donors (Lipinski definition) is 3. The third-order valence-electron chi connectivity index (χ3n) is 7.39. The van der Waals surface area contributed by atoms with Crippen LogP contribution in [0.5, 0.6) is 5.88 Å². The van der Waals surface area contributed by atoms with Gasteiger partial charge in [-0.15, -0.1) is 0 Å². The summed E-state index contributed by atoms with van der Waals surface area (Å²) in [7, 11) is 1.18. The van der Waals surface area contributed by atoms with Crippen LogP contribution in [-0.2, 0) is 11.0 Å². The van der Waals surface area contributed by atoms with Crippen molar-refractivity contribution in [3.05, 3.63) is 35.8 Å². The van der Waals surface area contributed by atoms with E-state index in [0.717, 1.165) is 34.1 Å². The predicted octanol–water partition coefficient (Wildman–Crippen LogP) is 2.38. The molecule has 2 aliphatic rings. The van der Waals surface area contributed by atoms with Crippen LogP contribution < -0.4 is 15.8 Å². The van der Waals surface area contributed by atoms with Crippen molar-refractivity contribution < 1.29 is 50.2 Å². The van der Waals surface area contributed by atoms with E-state index in [2.05, 4.69) is 20.4 Å². The largest absolute Gasteiger partial charge is 0.480 e. The van der Waals surface area contributed by atoms with Gasteiger partial charge in [0.15, 0.2) is 11.4 Å². The number of nitrogens with two attached hydrogens (primary N) is 1. The molecule has 1 aliphatic heterocycles. The van der Waals surface area contributed by atoms with E-state index in [4.69, 9.17) is 10.5 Å². The van der Waals surface area contributed by atoms with Crippen LogP contribution in [0.15, 0.2) is 24.7 Å². The van der Waals surface area contributed by atoms with E-state index in [9.17, 15) is 45.4 Å². The number of methoxy groups -OCH3 is 1. The number of hydrogen-bond acceptors (Lipinski definition) is 8. The molecule has 4 N–H and O–H groups in total. The zero-order chi connectivity index (χ0) is 30.8. The summed E-state index contributed by atoms with van der Waals surface area (Å²) in [5, 5.41) is 15.8. The number of aliphatic hydroxyl groups is 1. The molecule has 2 amide bonds. The number of likely N-dealkylation sites (tertiary alicyclic amines) is 1. The number of halogens is 7. The van der Waals surface area contributed by atoms with Crippen molar-refractivity contribution >= 4 is 23.1 Å². The first-order chi connectivity index (χ1) is 19.5. The Kier molecular flexibility index (Phi) is 6.94. The number of amides is 2. The van der Waals surface area contributed by atoms with Gasteiger partial charge in [-0.25, -0.2) is 18.9 Å². The smallest absolute Gasteiger partial charge is 0.418 e. The van der Waals surface area contributed by atoms with Gasteiger partial charge in [0.05, 0.1) is 31.0 Å². The number of nitrogen functional groups attached to an aromatic ring is 1. The Hall–Kier alpha value is -4.22. The van der Waals surface area contributed by atoms with Crippen molar-refractivity contribution in [1.82, 2.24) is 29.8 Å². The highest BCUT2D eigenvalue weighted by Crippen LogP contribution is 2.49. The highest BCUT2D eigenvalue weighted by atomic mass is 19.4. The lowest BCUT2D eigenvalue weighted by Gasteiger charge is -2.44. The molecule has 4 heterocycles. The zero-order valence-corrected chi connectivity index (χ0v) is 21.5. The van der Waals surface area contributed by atoms with E-state index in [1.54, 1.807) is 0 Å². The fraction of sp³-hybridized carbons (Fsp3) is 0.458. The Morgan fingerprint density at radius 3 is 2.45 bits per heavy atom. The summed E-state index contributed by atoms with van der Waals surface area (Å²) in [5.41, 5.74) is 0.611. The van der Waals surface area contributed by atoms with Gasteiger partial charge in [0, 0.05) is 24.2 Å².